The molecule has 168 valence electrons. The molecule has 2 aromatic heterocycles. The summed E-state index contributed by atoms with van der Waals surface area (Å²) in [6.07, 6.45) is 4.84. The number of hydrogen-bond donors (Lipinski definition) is 0. The van der Waals surface area contributed by atoms with Gasteiger partial charge in [-0.25, -0.2) is 9.97 Å². The van der Waals surface area contributed by atoms with Crippen LogP contribution in [0.3, 0.4) is 0 Å². The second kappa shape index (κ2) is 8.03. The number of carbonyl (C=O) groups is 1. The zero-order valence-electron chi connectivity index (χ0n) is 17.8. The number of rotatable bonds is 4. The van der Waals surface area contributed by atoms with Gasteiger partial charge in [0.05, 0.1) is 19.2 Å². The van der Waals surface area contributed by atoms with Crippen LogP contribution in [0.25, 0.3) is 12.2 Å². The molecule has 8 heteroatoms. The number of alkyl halides is 3. The van der Waals surface area contributed by atoms with Gasteiger partial charge in [-0.2, -0.15) is 13.2 Å². The zero-order valence-corrected chi connectivity index (χ0v) is 17.8. The van der Waals surface area contributed by atoms with Crippen LogP contribution in [0.15, 0.2) is 42.7 Å². The Bertz CT molecular complexity index is 1370. The molecule has 0 saturated carbocycles. The zero-order chi connectivity index (χ0) is 23.2. The van der Waals surface area contributed by atoms with Crippen molar-refractivity contribution in [2.45, 2.75) is 32.0 Å². The summed E-state index contributed by atoms with van der Waals surface area (Å²) in [6, 6.07) is 7.68. The summed E-state index contributed by atoms with van der Waals surface area (Å²) in [5.74, 6) is -0.318. The maximum atomic E-state index is 13.6. The molecule has 2 aliphatic rings. The van der Waals surface area contributed by atoms with Crippen molar-refractivity contribution in [2.24, 2.45) is 0 Å². The van der Waals surface area contributed by atoms with E-state index in [1.807, 2.05) is 12.1 Å². The topological polar surface area (TPSA) is 55.3 Å². The quantitative estimate of drug-likeness (QED) is 0.608. The van der Waals surface area contributed by atoms with Gasteiger partial charge in [0.25, 0.3) is 5.91 Å². The summed E-state index contributed by atoms with van der Waals surface area (Å²) in [5.41, 5.74) is 2.15. The fourth-order valence-electron chi connectivity index (χ4n) is 4.49. The lowest BCUT2D eigenvalue weighted by Crippen LogP contribution is -2.34. The molecule has 0 unspecified atom stereocenters. The fourth-order valence-corrected chi connectivity index (χ4v) is 4.49. The minimum atomic E-state index is -4.61. The molecular formula is C25H20F3N3O2. The maximum absolute atomic E-state index is 13.6. The number of amides is 1. The number of benzene rings is 1. The van der Waals surface area contributed by atoms with E-state index in [9.17, 15) is 18.0 Å². The Balaban J connectivity index is 1.60. The normalized spacial score (nSPS) is 14.9. The molecule has 0 saturated heterocycles. The first-order valence-corrected chi connectivity index (χ1v) is 10.5. The molecule has 1 aliphatic heterocycles. The van der Waals surface area contributed by atoms with Gasteiger partial charge in [-0.15, -0.1) is 0 Å². The van der Waals surface area contributed by atoms with Crippen LogP contribution < -0.4 is 20.1 Å². The lowest BCUT2D eigenvalue weighted by atomic mass is 9.93. The van der Waals surface area contributed by atoms with Gasteiger partial charge in [-0.1, -0.05) is 18.2 Å². The Kier molecular flexibility index (Phi) is 5.15. The van der Waals surface area contributed by atoms with Crippen LogP contribution in [-0.2, 0) is 19.1 Å². The van der Waals surface area contributed by atoms with Crippen molar-refractivity contribution in [2.75, 3.05) is 12.0 Å². The smallest absolute Gasteiger partial charge is 0.419 e. The van der Waals surface area contributed by atoms with Gasteiger partial charge in [-0.05, 0) is 64.6 Å². The average molecular weight is 451 g/mol. The highest BCUT2D eigenvalue weighted by molar-refractivity contribution is 6.10. The number of aromatic nitrogens is 2. The lowest BCUT2D eigenvalue weighted by molar-refractivity contribution is -0.137. The SMILES string of the molecule is COc1ccc(Cc2cc3c(c4c2=CCCC=4)CN(c2ncccc2C(F)(F)F)C3=O)cn1. The Hall–Kier alpha value is -3.68. The van der Waals surface area contributed by atoms with E-state index in [1.54, 1.807) is 19.4 Å². The van der Waals surface area contributed by atoms with Crippen molar-refractivity contribution in [1.29, 1.82) is 0 Å². The highest BCUT2D eigenvalue weighted by Gasteiger charge is 2.40. The van der Waals surface area contributed by atoms with Crippen LogP contribution in [0.5, 0.6) is 5.88 Å². The number of carbonyl (C=O) groups excluding carboxylic acids is 1. The molecule has 0 spiro atoms. The molecule has 1 aromatic carbocycles. The second-order valence-electron chi connectivity index (χ2n) is 8.02. The molecular weight excluding hydrogens is 431 g/mol. The molecule has 5 rings (SSSR count). The predicted molar refractivity (Wildman–Crippen MR) is 117 cm³/mol. The highest BCUT2D eigenvalue weighted by Crippen LogP contribution is 2.37. The summed E-state index contributed by atoms with van der Waals surface area (Å²) < 4.78 is 45.9. The summed E-state index contributed by atoms with van der Waals surface area (Å²) >= 11 is 0. The van der Waals surface area contributed by atoms with Crippen LogP contribution >= 0.6 is 0 Å². The Morgan fingerprint density at radius 2 is 1.88 bits per heavy atom. The molecule has 0 N–H and O–H groups in total. The fraction of sp³-hybridized carbons (Fsp3) is 0.240. The Morgan fingerprint density at radius 3 is 2.58 bits per heavy atom. The number of methoxy groups -OCH3 is 1. The number of hydrogen-bond acceptors (Lipinski definition) is 4. The Labute approximate surface area is 187 Å². The van der Waals surface area contributed by atoms with E-state index in [-0.39, 0.29) is 12.4 Å². The minimum absolute atomic E-state index is 0.0608. The molecule has 1 amide bonds. The molecule has 0 radical (unpaired) electrons. The number of nitrogens with zero attached hydrogens (tertiary/aromatic N) is 3. The van der Waals surface area contributed by atoms with E-state index in [2.05, 4.69) is 22.1 Å². The standard InChI is InChI=1S/C25H20F3N3O2/c1-33-22-9-8-15(13-30-22)11-16-12-19-20(18-6-3-2-5-17(16)18)14-31(24(19)32)23-21(25(26,27)28)7-4-10-29-23/h4-10,12-13H,2-3,11,14H2,1H3. The molecule has 3 heterocycles. The van der Waals surface area contributed by atoms with E-state index in [1.165, 1.54) is 12.3 Å². The third-order valence-electron chi connectivity index (χ3n) is 6.01. The van der Waals surface area contributed by atoms with Crippen LogP contribution in [0, 0.1) is 0 Å². The molecule has 3 aromatic rings. The highest BCUT2D eigenvalue weighted by atomic mass is 19.4. The number of fused-ring (bicyclic) bond motifs is 3. The van der Waals surface area contributed by atoms with Crippen molar-refractivity contribution >= 4 is 23.9 Å². The molecule has 0 fully saturated rings. The molecule has 33 heavy (non-hydrogen) atoms. The van der Waals surface area contributed by atoms with E-state index in [0.29, 0.717) is 17.9 Å². The molecule has 5 nitrogen and oxygen atoms in total. The van der Waals surface area contributed by atoms with Crippen LogP contribution in [-0.4, -0.2) is 23.0 Å². The average Bonchev–Trinajstić information content (AvgIpc) is 3.15. The van der Waals surface area contributed by atoms with E-state index >= 15 is 0 Å². The third-order valence-corrected chi connectivity index (χ3v) is 6.01. The summed E-state index contributed by atoms with van der Waals surface area (Å²) in [6.45, 7) is 0.0608. The van der Waals surface area contributed by atoms with E-state index in [4.69, 9.17) is 4.74 Å². The van der Waals surface area contributed by atoms with Crippen LogP contribution in [0.4, 0.5) is 19.0 Å². The van der Waals surface area contributed by atoms with Gasteiger partial charge in [0.1, 0.15) is 5.82 Å². The number of anilines is 1. The molecule has 0 bridgehead atoms. The first kappa shape index (κ1) is 21.2. The van der Waals surface area contributed by atoms with Gasteiger partial charge in [-0.3, -0.25) is 9.69 Å². The van der Waals surface area contributed by atoms with E-state index in [0.717, 1.165) is 50.9 Å². The predicted octanol–water partition coefficient (Wildman–Crippen LogP) is 3.61. The van der Waals surface area contributed by atoms with Crippen molar-refractivity contribution in [3.63, 3.8) is 0 Å². The van der Waals surface area contributed by atoms with Gasteiger partial charge in [0.2, 0.25) is 5.88 Å². The van der Waals surface area contributed by atoms with Gasteiger partial charge >= 0.3 is 6.18 Å². The summed E-state index contributed by atoms with van der Waals surface area (Å²) in [5, 5.41) is 1.96. The molecule has 0 atom stereocenters. The first-order chi connectivity index (χ1) is 15.9. The monoisotopic (exact) mass is 451 g/mol. The largest absolute Gasteiger partial charge is 0.481 e. The third kappa shape index (κ3) is 3.75. The first-order valence-electron chi connectivity index (χ1n) is 10.5. The maximum Gasteiger partial charge on any atom is 0.419 e. The Morgan fingerprint density at radius 1 is 1.09 bits per heavy atom. The van der Waals surface area contributed by atoms with E-state index < -0.39 is 17.6 Å². The van der Waals surface area contributed by atoms with Crippen molar-refractivity contribution in [3.8, 4) is 5.88 Å². The van der Waals surface area contributed by atoms with Gasteiger partial charge in [0.15, 0.2) is 0 Å². The second-order valence-corrected chi connectivity index (χ2v) is 8.02. The summed E-state index contributed by atoms with van der Waals surface area (Å²) in [7, 11) is 1.55. The van der Waals surface area contributed by atoms with Crippen molar-refractivity contribution in [1.82, 2.24) is 9.97 Å². The minimum Gasteiger partial charge on any atom is -0.481 e. The van der Waals surface area contributed by atoms with Crippen LogP contribution in [0.2, 0.25) is 0 Å². The van der Waals surface area contributed by atoms with Crippen LogP contribution in [0.1, 0.15) is 45.5 Å². The number of pyridine rings is 2. The van der Waals surface area contributed by atoms with Gasteiger partial charge in [0, 0.05) is 24.0 Å². The molecule has 1 aliphatic carbocycles. The van der Waals surface area contributed by atoms with Crippen molar-refractivity contribution < 1.29 is 22.7 Å². The van der Waals surface area contributed by atoms with Gasteiger partial charge < -0.3 is 4.74 Å². The number of ether oxygens (including phenoxy) is 1. The number of halogens is 3. The van der Waals surface area contributed by atoms with Crippen molar-refractivity contribution in [3.05, 3.63) is 81.0 Å². The lowest BCUT2D eigenvalue weighted by Gasteiger charge is -2.19. The summed E-state index contributed by atoms with van der Waals surface area (Å²) in [4.78, 5) is 22.6.